The van der Waals surface area contributed by atoms with E-state index in [0.717, 1.165) is 30.3 Å². The van der Waals surface area contributed by atoms with Crippen LogP contribution >= 0.6 is 15.9 Å². The fourth-order valence-electron chi connectivity index (χ4n) is 1.77. The number of unbranched alkanes of at least 4 members (excludes halogenated alkanes) is 2. The molecule has 1 aliphatic heterocycles. The second kappa shape index (κ2) is 6.05. The third kappa shape index (κ3) is 3.22. The molecular weight excluding hydrogens is 284 g/mol. The largest absolute Gasteiger partial charge is 0.454 e. The second-order valence-electron chi connectivity index (χ2n) is 3.99. The topological polar surface area (TPSA) is 35.5 Å². The number of halogens is 1. The van der Waals surface area contributed by atoms with Crippen LogP contribution in [-0.4, -0.2) is 17.9 Å². The van der Waals surface area contributed by atoms with Gasteiger partial charge in [-0.3, -0.25) is 4.79 Å². The van der Waals surface area contributed by atoms with Gasteiger partial charge in [0.1, 0.15) is 0 Å². The summed E-state index contributed by atoms with van der Waals surface area (Å²) in [5.41, 5.74) is 0.716. The molecule has 1 heterocycles. The lowest BCUT2D eigenvalue weighted by Gasteiger charge is -2.02. The summed E-state index contributed by atoms with van der Waals surface area (Å²) in [5, 5.41) is 1.01. The van der Waals surface area contributed by atoms with Crippen molar-refractivity contribution in [2.75, 3.05) is 12.1 Å². The standard InChI is InChI=1S/C13H15BrO3/c14-7-3-1-2-4-11(15)10-5-6-12-13(8-10)17-9-16-12/h5-6,8H,1-4,7,9H2. The second-order valence-corrected chi connectivity index (χ2v) is 4.78. The Balaban J connectivity index is 1.91. The van der Waals surface area contributed by atoms with E-state index in [9.17, 15) is 4.79 Å². The van der Waals surface area contributed by atoms with E-state index in [0.29, 0.717) is 17.7 Å². The monoisotopic (exact) mass is 298 g/mol. The number of rotatable bonds is 6. The lowest BCUT2D eigenvalue weighted by molar-refractivity contribution is 0.0979. The van der Waals surface area contributed by atoms with Gasteiger partial charge in [-0.05, 0) is 31.0 Å². The predicted octanol–water partition coefficient (Wildman–Crippen LogP) is 3.55. The van der Waals surface area contributed by atoms with Crippen LogP contribution in [-0.2, 0) is 0 Å². The molecule has 0 N–H and O–H groups in total. The zero-order valence-corrected chi connectivity index (χ0v) is 11.2. The molecule has 1 aliphatic rings. The quantitative estimate of drug-likeness (QED) is 0.458. The number of hydrogen-bond donors (Lipinski definition) is 0. The van der Waals surface area contributed by atoms with Crippen molar-refractivity contribution in [2.24, 2.45) is 0 Å². The van der Waals surface area contributed by atoms with Crippen LogP contribution in [0.15, 0.2) is 18.2 Å². The number of alkyl halides is 1. The van der Waals surface area contributed by atoms with Gasteiger partial charge in [-0.25, -0.2) is 0 Å². The third-order valence-electron chi connectivity index (χ3n) is 2.73. The third-order valence-corrected chi connectivity index (χ3v) is 3.29. The predicted molar refractivity (Wildman–Crippen MR) is 69.2 cm³/mol. The first-order valence-electron chi connectivity index (χ1n) is 5.80. The molecule has 0 saturated carbocycles. The summed E-state index contributed by atoms with van der Waals surface area (Å²) in [4.78, 5) is 11.9. The van der Waals surface area contributed by atoms with Crippen LogP contribution in [0.2, 0.25) is 0 Å². The molecule has 0 spiro atoms. The minimum atomic E-state index is 0.179. The summed E-state index contributed by atoms with van der Waals surface area (Å²) < 4.78 is 10.5. The molecule has 0 fully saturated rings. The van der Waals surface area contributed by atoms with Gasteiger partial charge in [-0.2, -0.15) is 0 Å². The van der Waals surface area contributed by atoms with E-state index in [1.54, 1.807) is 18.2 Å². The molecule has 17 heavy (non-hydrogen) atoms. The Labute approximate surface area is 109 Å². The average Bonchev–Trinajstić information content (AvgIpc) is 2.81. The van der Waals surface area contributed by atoms with E-state index in [4.69, 9.17) is 9.47 Å². The number of fused-ring (bicyclic) bond motifs is 1. The van der Waals surface area contributed by atoms with Crippen LogP contribution in [0.5, 0.6) is 11.5 Å². The number of Topliss-reactive ketones (excluding diaryl/α,β-unsaturated/α-hetero) is 1. The maximum atomic E-state index is 11.9. The van der Waals surface area contributed by atoms with E-state index in [1.807, 2.05) is 0 Å². The van der Waals surface area contributed by atoms with Crippen LogP contribution in [0.3, 0.4) is 0 Å². The molecule has 92 valence electrons. The fraction of sp³-hybridized carbons (Fsp3) is 0.462. The lowest BCUT2D eigenvalue weighted by atomic mass is 10.0. The van der Waals surface area contributed by atoms with Gasteiger partial charge in [0.05, 0.1) is 0 Å². The number of ether oxygens (including phenoxy) is 2. The summed E-state index contributed by atoms with van der Waals surface area (Å²) >= 11 is 3.38. The molecule has 1 aromatic rings. The molecule has 0 bridgehead atoms. The van der Waals surface area contributed by atoms with Crippen molar-refractivity contribution in [1.29, 1.82) is 0 Å². The Bertz CT molecular complexity index is 404. The fourth-order valence-corrected chi connectivity index (χ4v) is 2.17. The van der Waals surface area contributed by atoms with E-state index in [1.165, 1.54) is 0 Å². The minimum absolute atomic E-state index is 0.179. The van der Waals surface area contributed by atoms with Gasteiger partial charge >= 0.3 is 0 Å². The first kappa shape index (κ1) is 12.4. The van der Waals surface area contributed by atoms with Crippen molar-refractivity contribution in [2.45, 2.75) is 25.7 Å². The van der Waals surface area contributed by atoms with Gasteiger partial charge in [0.15, 0.2) is 17.3 Å². The highest BCUT2D eigenvalue weighted by Gasteiger charge is 2.15. The Kier molecular flexibility index (Phi) is 4.42. The van der Waals surface area contributed by atoms with Gasteiger partial charge < -0.3 is 9.47 Å². The number of hydrogen-bond acceptors (Lipinski definition) is 3. The molecule has 1 aromatic carbocycles. The maximum absolute atomic E-state index is 11.9. The SMILES string of the molecule is O=C(CCCCCBr)c1ccc2c(c1)OCO2. The Hall–Kier alpha value is -1.03. The molecule has 0 unspecified atom stereocenters. The summed E-state index contributed by atoms with van der Waals surface area (Å²) in [5.74, 6) is 1.58. The first-order chi connectivity index (χ1) is 8.31. The van der Waals surface area contributed by atoms with Crippen LogP contribution in [0.1, 0.15) is 36.0 Å². The Morgan fingerprint density at radius 2 is 2.00 bits per heavy atom. The zero-order valence-electron chi connectivity index (χ0n) is 9.58. The summed E-state index contributed by atoms with van der Waals surface area (Å²) in [7, 11) is 0. The average molecular weight is 299 g/mol. The van der Waals surface area contributed by atoms with Crippen molar-refractivity contribution in [3.05, 3.63) is 23.8 Å². The van der Waals surface area contributed by atoms with E-state index in [2.05, 4.69) is 15.9 Å². The lowest BCUT2D eigenvalue weighted by Crippen LogP contribution is -1.99. The van der Waals surface area contributed by atoms with Crippen LogP contribution in [0, 0.1) is 0 Å². The van der Waals surface area contributed by atoms with Gasteiger partial charge in [-0.15, -0.1) is 0 Å². The molecule has 0 aliphatic carbocycles. The highest BCUT2D eigenvalue weighted by molar-refractivity contribution is 9.09. The molecule has 0 saturated heterocycles. The molecule has 2 rings (SSSR count). The molecule has 0 amide bonds. The number of benzene rings is 1. The smallest absolute Gasteiger partial charge is 0.231 e. The van der Waals surface area contributed by atoms with Crippen molar-refractivity contribution in [3.8, 4) is 11.5 Å². The summed E-state index contributed by atoms with van der Waals surface area (Å²) in [6, 6.07) is 5.38. The van der Waals surface area contributed by atoms with Crippen molar-refractivity contribution in [3.63, 3.8) is 0 Å². The van der Waals surface area contributed by atoms with Crippen molar-refractivity contribution >= 4 is 21.7 Å². The molecule has 0 aromatic heterocycles. The summed E-state index contributed by atoms with van der Waals surface area (Å²) in [6.07, 6.45) is 3.75. The molecule has 3 nitrogen and oxygen atoms in total. The number of ketones is 1. The van der Waals surface area contributed by atoms with Gasteiger partial charge in [-0.1, -0.05) is 22.4 Å². The molecular formula is C13H15BrO3. The zero-order chi connectivity index (χ0) is 12.1. The molecule has 4 heteroatoms. The van der Waals surface area contributed by atoms with E-state index in [-0.39, 0.29) is 12.6 Å². The van der Waals surface area contributed by atoms with Crippen molar-refractivity contribution < 1.29 is 14.3 Å². The van der Waals surface area contributed by atoms with E-state index < -0.39 is 0 Å². The van der Waals surface area contributed by atoms with Gasteiger partial charge in [0.25, 0.3) is 0 Å². The van der Waals surface area contributed by atoms with Crippen molar-refractivity contribution in [1.82, 2.24) is 0 Å². The number of carbonyl (C=O) groups excluding carboxylic acids is 1. The van der Waals surface area contributed by atoms with Gasteiger partial charge in [0, 0.05) is 17.3 Å². The van der Waals surface area contributed by atoms with E-state index >= 15 is 0 Å². The Morgan fingerprint density at radius 3 is 2.82 bits per heavy atom. The highest BCUT2D eigenvalue weighted by Crippen LogP contribution is 2.32. The maximum Gasteiger partial charge on any atom is 0.231 e. The summed E-state index contributed by atoms with van der Waals surface area (Å²) in [6.45, 7) is 0.248. The van der Waals surface area contributed by atoms with Crippen LogP contribution in [0.25, 0.3) is 0 Å². The first-order valence-corrected chi connectivity index (χ1v) is 6.92. The van der Waals surface area contributed by atoms with Crippen LogP contribution < -0.4 is 9.47 Å². The Morgan fingerprint density at radius 1 is 1.18 bits per heavy atom. The molecule has 0 radical (unpaired) electrons. The number of carbonyl (C=O) groups is 1. The van der Waals surface area contributed by atoms with Crippen LogP contribution in [0.4, 0.5) is 0 Å². The normalized spacial score (nSPS) is 12.8. The van der Waals surface area contributed by atoms with Gasteiger partial charge in [0.2, 0.25) is 6.79 Å². The minimum Gasteiger partial charge on any atom is -0.454 e. The molecule has 0 atom stereocenters. The highest BCUT2D eigenvalue weighted by atomic mass is 79.9.